The Labute approximate surface area is 211 Å². The van der Waals surface area contributed by atoms with E-state index >= 15 is 0 Å². The molecular weight excluding hydrogens is 454 g/mol. The van der Waals surface area contributed by atoms with Crippen molar-refractivity contribution in [2.24, 2.45) is 5.92 Å². The quantitative estimate of drug-likeness (QED) is 0.533. The number of piperidine rings is 1. The van der Waals surface area contributed by atoms with Crippen molar-refractivity contribution in [2.45, 2.75) is 19.4 Å². The summed E-state index contributed by atoms with van der Waals surface area (Å²) in [7, 11) is 1.68. The van der Waals surface area contributed by atoms with Gasteiger partial charge in [0.05, 0.1) is 31.5 Å². The minimum atomic E-state index is -0.126. The largest absolute Gasteiger partial charge is 0.497 e. The van der Waals surface area contributed by atoms with Crippen molar-refractivity contribution in [3.8, 4) is 5.75 Å². The van der Waals surface area contributed by atoms with Crippen LogP contribution in [0.3, 0.4) is 0 Å². The average molecular weight is 488 g/mol. The Morgan fingerprint density at radius 2 is 1.75 bits per heavy atom. The SMILES string of the molecule is COc1cccc(N2CCN(C(=O)[C@@H]3CCCN(c4cnn(Cc5ccccc5)c(=O)c4)C3)CC2)c1. The highest BCUT2D eigenvalue weighted by Gasteiger charge is 2.31. The van der Waals surface area contributed by atoms with Crippen LogP contribution in [0.1, 0.15) is 18.4 Å². The molecule has 0 saturated carbocycles. The third kappa shape index (κ3) is 5.37. The normalized spacial score (nSPS) is 18.2. The third-order valence-corrected chi connectivity index (χ3v) is 7.18. The number of methoxy groups -OCH3 is 1. The number of amides is 1. The van der Waals surface area contributed by atoms with Crippen LogP contribution >= 0.6 is 0 Å². The number of benzene rings is 2. The highest BCUT2D eigenvalue weighted by Crippen LogP contribution is 2.26. The van der Waals surface area contributed by atoms with Gasteiger partial charge in [0.1, 0.15) is 5.75 Å². The third-order valence-electron chi connectivity index (χ3n) is 7.18. The molecule has 0 aliphatic carbocycles. The lowest BCUT2D eigenvalue weighted by molar-refractivity contribution is -0.136. The Morgan fingerprint density at radius 3 is 2.50 bits per heavy atom. The summed E-state index contributed by atoms with van der Waals surface area (Å²) in [5, 5.41) is 4.41. The molecule has 2 fully saturated rings. The van der Waals surface area contributed by atoms with Gasteiger partial charge < -0.3 is 19.4 Å². The van der Waals surface area contributed by atoms with Gasteiger partial charge in [-0.2, -0.15) is 5.10 Å². The second kappa shape index (κ2) is 10.8. The number of rotatable bonds is 6. The Morgan fingerprint density at radius 1 is 0.944 bits per heavy atom. The van der Waals surface area contributed by atoms with E-state index in [-0.39, 0.29) is 17.4 Å². The maximum Gasteiger partial charge on any atom is 0.269 e. The van der Waals surface area contributed by atoms with Crippen LogP contribution in [0.25, 0.3) is 0 Å². The number of anilines is 2. The van der Waals surface area contributed by atoms with Crippen LogP contribution in [0.5, 0.6) is 5.75 Å². The molecule has 36 heavy (non-hydrogen) atoms. The van der Waals surface area contributed by atoms with Crippen LogP contribution in [0.4, 0.5) is 11.4 Å². The molecule has 2 aliphatic rings. The Bertz CT molecular complexity index is 1240. The first-order valence-electron chi connectivity index (χ1n) is 12.6. The Hall–Kier alpha value is -3.81. The summed E-state index contributed by atoms with van der Waals surface area (Å²) in [5.41, 5.74) is 2.83. The monoisotopic (exact) mass is 487 g/mol. The van der Waals surface area contributed by atoms with E-state index in [9.17, 15) is 9.59 Å². The average Bonchev–Trinajstić information content (AvgIpc) is 2.94. The molecule has 3 heterocycles. The zero-order valence-corrected chi connectivity index (χ0v) is 20.8. The maximum atomic E-state index is 13.4. The molecule has 1 aromatic heterocycles. The summed E-state index contributed by atoms with van der Waals surface area (Å²) >= 11 is 0. The molecular formula is C28H33N5O3. The fourth-order valence-electron chi connectivity index (χ4n) is 5.14. The summed E-state index contributed by atoms with van der Waals surface area (Å²) in [6, 6.07) is 19.6. The van der Waals surface area contributed by atoms with E-state index < -0.39 is 0 Å². The van der Waals surface area contributed by atoms with Gasteiger partial charge in [-0.1, -0.05) is 36.4 Å². The molecule has 0 spiro atoms. The van der Waals surface area contributed by atoms with Gasteiger partial charge in [0, 0.05) is 57.1 Å². The standard InChI is InChI=1S/C28H33N5O3/c1-36-26-11-5-10-24(17-26)30-13-15-31(16-14-30)28(35)23-9-6-12-32(21-23)25-18-27(34)33(29-19-25)20-22-7-3-2-4-8-22/h2-5,7-8,10-11,17-19,23H,6,9,12-16,20-21H2,1H3/t23-/m1/s1. The molecule has 1 atom stereocenters. The minimum absolute atomic E-state index is 0.0612. The lowest BCUT2D eigenvalue weighted by Gasteiger charge is -2.40. The van der Waals surface area contributed by atoms with Crippen LogP contribution < -0.4 is 20.1 Å². The predicted molar refractivity (Wildman–Crippen MR) is 141 cm³/mol. The van der Waals surface area contributed by atoms with E-state index in [1.807, 2.05) is 53.4 Å². The highest BCUT2D eigenvalue weighted by molar-refractivity contribution is 5.80. The molecule has 1 amide bonds. The van der Waals surface area contributed by atoms with Gasteiger partial charge in [-0.3, -0.25) is 9.59 Å². The van der Waals surface area contributed by atoms with Crippen molar-refractivity contribution >= 4 is 17.3 Å². The van der Waals surface area contributed by atoms with Gasteiger partial charge in [-0.15, -0.1) is 0 Å². The fraction of sp³-hybridized carbons (Fsp3) is 0.393. The molecule has 2 aromatic carbocycles. The first kappa shape index (κ1) is 23.9. The number of hydrogen-bond donors (Lipinski definition) is 0. The van der Waals surface area contributed by atoms with E-state index in [1.54, 1.807) is 19.4 Å². The smallest absolute Gasteiger partial charge is 0.269 e. The van der Waals surface area contributed by atoms with Crippen LogP contribution in [0.2, 0.25) is 0 Å². The first-order valence-corrected chi connectivity index (χ1v) is 12.6. The number of carbonyl (C=O) groups is 1. The lowest BCUT2D eigenvalue weighted by atomic mass is 9.96. The Kier molecular flexibility index (Phi) is 7.21. The molecule has 2 saturated heterocycles. The molecule has 2 aliphatic heterocycles. The number of nitrogens with zero attached hydrogens (tertiary/aromatic N) is 5. The van der Waals surface area contributed by atoms with Gasteiger partial charge in [0.15, 0.2) is 0 Å². The highest BCUT2D eigenvalue weighted by atomic mass is 16.5. The Balaban J connectivity index is 1.19. The van der Waals surface area contributed by atoms with Crippen molar-refractivity contribution in [2.75, 3.05) is 56.2 Å². The number of piperazine rings is 1. The van der Waals surface area contributed by atoms with E-state index in [0.717, 1.165) is 55.2 Å². The number of carbonyl (C=O) groups excluding carboxylic acids is 1. The van der Waals surface area contributed by atoms with Gasteiger partial charge in [0.2, 0.25) is 5.91 Å². The minimum Gasteiger partial charge on any atom is -0.497 e. The molecule has 5 rings (SSSR count). The summed E-state index contributed by atoms with van der Waals surface area (Å²) in [4.78, 5) is 32.5. The zero-order valence-electron chi connectivity index (χ0n) is 20.8. The molecule has 188 valence electrons. The van der Waals surface area contributed by atoms with Crippen molar-refractivity contribution in [1.29, 1.82) is 0 Å². The van der Waals surface area contributed by atoms with Gasteiger partial charge in [-0.05, 0) is 30.5 Å². The molecule has 8 nitrogen and oxygen atoms in total. The zero-order chi connectivity index (χ0) is 24.9. The summed E-state index contributed by atoms with van der Waals surface area (Å²) in [6.45, 7) is 4.93. The molecule has 0 radical (unpaired) electrons. The molecule has 8 heteroatoms. The van der Waals surface area contributed by atoms with E-state index in [4.69, 9.17) is 4.74 Å². The van der Waals surface area contributed by atoms with E-state index in [1.165, 1.54) is 4.68 Å². The molecule has 0 unspecified atom stereocenters. The number of aromatic nitrogens is 2. The van der Waals surface area contributed by atoms with Gasteiger partial charge >= 0.3 is 0 Å². The topological polar surface area (TPSA) is 70.9 Å². The van der Waals surface area contributed by atoms with Gasteiger partial charge in [0.25, 0.3) is 5.56 Å². The summed E-state index contributed by atoms with van der Waals surface area (Å²) in [6.07, 6.45) is 3.56. The molecule has 0 bridgehead atoms. The van der Waals surface area contributed by atoms with Gasteiger partial charge in [-0.25, -0.2) is 4.68 Å². The predicted octanol–water partition coefficient (Wildman–Crippen LogP) is 2.87. The van der Waals surface area contributed by atoms with Crippen molar-refractivity contribution in [3.63, 3.8) is 0 Å². The molecule has 3 aromatic rings. The lowest BCUT2D eigenvalue weighted by Crippen LogP contribution is -2.52. The van der Waals surface area contributed by atoms with Crippen molar-refractivity contribution < 1.29 is 9.53 Å². The first-order chi connectivity index (χ1) is 17.6. The summed E-state index contributed by atoms with van der Waals surface area (Å²) in [5.74, 6) is 1.000. The van der Waals surface area contributed by atoms with Crippen LogP contribution in [0, 0.1) is 5.92 Å². The second-order valence-corrected chi connectivity index (χ2v) is 9.49. The summed E-state index contributed by atoms with van der Waals surface area (Å²) < 4.78 is 6.83. The van der Waals surface area contributed by atoms with Crippen LogP contribution in [-0.4, -0.2) is 67.0 Å². The van der Waals surface area contributed by atoms with Crippen molar-refractivity contribution in [1.82, 2.24) is 14.7 Å². The van der Waals surface area contributed by atoms with Crippen LogP contribution in [-0.2, 0) is 11.3 Å². The second-order valence-electron chi connectivity index (χ2n) is 9.49. The fourth-order valence-corrected chi connectivity index (χ4v) is 5.14. The van der Waals surface area contributed by atoms with Crippen molar-refractivity contribution in [3.05, 3.63) is 82.8 Å². The molecule has 0 N–H and O–H groups in total. The number of ether oxygens (including phenoxy) is 1. The van der Waals surface area contributed by atoms with E-state index in [0.29, 0.717) is 26.2 Å². The number of hydrogen-bond acceptors (Lipinski definition) is 6. The maximum absolute atomic E-state index is 13.4. The van der Waals surface area contributed by atoms with Crippen LogP contribution in [0.15, 0.2) is 71.7 Å². The van der Waals surface area contributed by atoms with E-state index in [2.05, 4.69) is 21.0 Å².